The van der Waals surface area contributed by atoms with Crippen molar-refractivity contribution >= 4 is 23.1 Å². The highest BCUT2D eigenvalue weighted by Gasteiger charge is 2.42. The number of pyridine rings is 1. The van der Waals surface area contributed by atoms with Crippen LogP contribution in [0.5, 0.6) is 0 Å². The summed E-state index contributed by atoms with van der Waals surface area (Å²) >= 11 is 0. The van der Waals surface area contributed by atoms with Crippen LogP contribution in [-0.4, -0.2) is 52.9 Å². The molecule has 4 heterocycles. The van der Waals surface area contributed by atoms with Crippen LogP contribution in [-0.2, 0) is 41.7 Å². The lowest BCUT2D eigenvalue weighted by atomic mass is 9.77. The monoisotopic (exact) mass is 944 g/mol. The SMILES string of the molecule is CC(C)(C)OC(=O)N1CCc2cc(Cn3cc(Cc4cc(NC(c5ccccc5)(c5ccccc5)c5ccccc5)nc5c4nnn5C(c4ccccc4)(c4ccccc4)c4ccccc4)cn3)ccc2C1. The van der Waals surface area contributed by atoms with Crippen molar-refractivity contribution in [2.45, 2.75) is 63.4 Å². The first kappa shape index (κ1) is 45.8. The quantitative estimate of drug-likeness (QED) is 0.115. The summed E-state index contributed by atoms with van der Waals surface area (Å²) in [6.45, 7) is 7.45. The highest BCUT2D eigenvalue weighted by atomic mass is 16.6. The Labute approximate surface area is 420 Å². The summed E-state index contributed by atoms with van der Waals surface area (Å²) in [7, 11) is 0. The van der Waals surface area contributed by atoms with Crippen molar-refractivity contribution in [1.29, 1.82) is 0 Å². The Morgan fingerprint density at radius 2 is 1.12 bits per heavy atom. The van der Waals surface area contributed by atoms with E-state index < -0.39 is 16.7 Å². The van der Waals surface area contributed by atoms with Gasteiger partial charge in [0.25, 0.3) is 0 Å². The Bertz CT molecular complexity index is 3250. The number of ether oxygens (including phenoxy) is 1. The maximum Gasteiger partial charge on any atom is 0.410 e. The fraction of sp³-hybridized carbons (Fsp3) is 0.177. The number of carbonyl (C=O) groups excluding carboxylic acids is 1. The van der Waals surface area contributed by atoms with Crippen LogP contribution in [0.4, 0.5) is 10.6 Å². The molecule has 10 aromatic rings. The lowest BCUT2D eigenvalue weighted by Crippen LogP contribution is -2.39. The standard InChI is InChI=1S/C62H56N8O2/c1-60(2,3)72-59(71)68-37-36-47-38-45(34-35-48(47)44-68)42-69-43-46(41-63-69)39-49-40-56(65-61(50-22-10-4-11-23-50,51-24-12-5-13-25-51)52-26-14-6-15-27-52)64-58-57(49)66-67-70(58)62(53-28-16-7-17-29-53,54-30-18-8-19-31-54)55-32-20-9-21-33-55/h4-35,38,40-41,43H,36-37,39,42,44H2,1-3H3,(H,64,65). The molecule has 356 valence electrons. The second-order valence-corrected chi connectivity index (χ2v) is 19.6. The third kappa shape index (κ3) is 8.81. The predicted molar refractivity (Wildman–Crippen MR) is 284 cm³/mol. The highest BCUT2D eigenvalue weighted by molar-refractivity contribution is 5.79. The van der Waals surface area contributed by atoms with Crippen molar-refractivity contribution in [2.24, 2.45) is 0 Å². The van der Waals surface area contributed by atoms with E-state index in [-0.39, 0.29) is 6.09 Å². The summed E-state index contributed by atoms with van der Waals surface area (Å²) < 4.78 is 9.70. The topological polar surface area (TPSA) is 103 Å². The van der Waals surface area contributed by atoms with Crippen molar-refractivity contribution in [3.63, 3.8) is 0 Å². The molecule has 7 aromatic carbocycles. The van der Waals surface area contributed by atoms with Gasteiger partial charge >= 0.3 is 6.09 Å². The number of carbonyl (C=O) groups is 1. The molecule has 1 amide bonds. The minimum Gasteiger partial charge on any atom is -0.444 e. The lowest BCUT2D eigenvalue weighted by molar-refractivity contribution is 0.0224. The first-order valence-corrected chi connectivity index (χ1v) is 24.6. The number of hydrogen-bond acceptors (Lipinski definition) is 7. The van der Waals surface area contributed by atoms with Gasteiger partial charge < -0.3 is 15.0 Å². The molecule has 3 aromatic heterocycles. The molecule has 10 heteroatoms. The van der Waals surface area contributed by atoms with Crippen molar-refractivity contribution in [2.75, 3.05) is 11.9 Å². The first-order chi connectivity index (χ1) is 35.2. The Morgan fingerprint density at radius 3 is 1.64 bits per heavy atom. The lowest BCUT2D eigenvalue weighted by Gasteiger charge is -2.38. The van der Waals surface area contributed by atoms with E-state index in [2.05, 4.69) is 200 Å². The van der Waals surface area contributed by atoms with Gasteiger partial charge in [-0.1, -0.05) is 205 Å². The van der Waals surface area contributed by atoms with Crippen molar-refractivity contribution < 1.29 is 9.53 Å². The van der Waals surface area contributed by atoms with E-state index in [4.69, 9.17) is 25.1 Å². The van der Waals surface area contributed by atoms with Gasteiger partial charge in [0.05, 0.1) is 12.7 Å². The molecule has 72 heavy (non-hydrogen) atoms. The molecule has 1 N–H and O–H groups in total. The molecule has 0 radical (unpaired) electrons. The van der Waals surface area contributed by atoms with Crippen molar-refractivity contribution in [3.8, 4) is 0 Å². The van der Waals surface area contributed by atoms with Crippen molar-refractivity contribution in [3.05, 3.63) is 280 Å². The van der Waals surface area contributed by atoms with Gasteiger partial charge in [-0.05, 0) is 94.5 Å². The third-order valence-corrected chi connectivity index (χ3v) is 13.7. The smallest absolute Gasteiger partial charge is 0.410 e. The van der Waals surface area contributed by atoms with Gasteiger partial charge in [0, 0.05) is 25.7 Å². The van der Waals surface area contributed by atoms with E-state index in [1.54, 1.807) is 4.90 Å². The zero-order chi connectivity index (χ0) is 49.1. The number of aromatic nitrogens is 6. The van der Waals surface area contributed by atoms with Crippen LogP contribution in [0.3, 0.4) is 0 Å². The second kappa shape index (κ2) is 19.3. The van der Waals surface area contributed by atoms with Crippen LogP contribution in [0.2, 0.25) is 0 Å². The third-order valence-electron chi connectivity index (χ3n) is 13.7. The zero-order valence-corrected chi connectivity index (χ0v) is 40.8. The fourth-order valence-corrected chi connectivity index (χ4v) is 10.4. The minimum absolute atomic E-state index is 0.274. The Balaban J connectivity index is 1.04. The van der Waals surface area contributed by atoms with E-state index in [0.29, 0.717) is 43.0 Å². The van der Waals surface area contributed by atoms with Crippen LogP contribution in [0, 0.1) is 0 Å². The predicted octanol–water partition coefficient (Wildman–Crippen LogP) is 12.2. The van der Waals surface area contributed by atoms with Gasteiger partial charge in [-0.3, -0.25) is 4.68 Å². The summed E-state index contributed by atoms with van der Waals surface area (Å²) in [5.74, 6) is 0.660. The van der Waals surface area contributed by atoms with Crippen LogP contribution >= 0.6 is 0 Å². The molecule has 0 saturated heterocycles. The summed E-state index contributed by atoms with van der Waals surface area (Å²) in [5, 5.41) is 19.3. The zero-order valence-electron chi connectivity index (χ0n) is 40.8. The normalized spacial score (nSPS) is 12.9. The second-order valence-electron chi connectivity index (χ2n) is 19.6. The number of nitrogens with zero attached hydrogens (tertiary/aromatic N) is 7. The molecule has 0 saturated carbocycles. The Hall–Kier alpha value is -8.63. The maximum absolute atomic E-state index is 12.9. The molecular weight excluding hydrogens is 889 g/mol. The molecule has 0 fully saturated rings. The van der Waals surface area contributed by atoms with Gasteiger partial charge in [0.1, 0.15) is 28.0 Å². The molecule has 1 aliphatic heterocycles. The summed E-state index contributed by atoms with van der Waals surface area (Å²) in [6, 6.07) is 72.1. The maximum atomic E-state index is 12.9. The molecule has 0 bridgehead atoms. The highest BCUT2D eigenvalue weighted by Crippen LogP contribution is 2.44. The molecule has 0 unspecified atom stereocenters. The van der Waals surface area contributed by atoms with Gasteiger partial charge in [0.15, 0.2) is 5.65 Å². The Kier molecular flexibility index (Phi) is 12.3. The molecule has 1 aliphatic rings. The average molecular weight is 945 g/mol. The average Bonchev–Trinajstić information content (AvgIpc) is 4.06. The number of rotatable bonds is 13. The van der Waals surface area contributed by atoms with Gasteiger partial charge in [-0.25, -0.2) is 14.5 Å². The number of nitrogens with one attached hydrogen (secondary N) is 1. The molecule has 10 nitrogen and oxygen atoms in total. The van der Waals surface area contributed by atoms with Gasteiger partial charge in [-0.2, -0.15) is 5.10 Å². The fourth-order valence-electron chi connectivity index (χ4n) is 10.4. The number of benzene rings is 7. The molecule has 0 spiro atoms. The van der Waals surface area contributed by atoms with Crippen LogP contribution in [0.25, 0.3) is 11.2 Å². The van der Waals surface area contributed by atoms with Crippen molar-refractivity contribution in [1.82, 2.24) is 34.7 Å². The van der Waals surface area contributed by atoms with E-state index >= 15 is 0 Å². The van der Waals surface area contributed by atoms with Crippen LogP contribution < -0.4 is 5.32 Å². The number of hydrogen-bond donors (Lipinski definition) is 1. The minimum atomic E-state index is -0.968. The summed E-state index contributed by atoms with van der Waals surface area (Å²) in [5.41, 5.74) is 10.7. The van der Waals surface area contributed by atoms with Gasteiger partial charge in [0.2, 0.25) is 0 Å². The van der Waals surface area contributed by atoms with E-state index in [9.17, 15) is 4.79 Å². The van der Waals surface area contributed by atoms with Gasteiger partial charge in [-0.15, -0.1) is 5.10 Å². The number of amides is 1. The summed E-state index contributed by atoms with van der Waals surface area (Å²) in [4.78, 5) is 20.3. The largest absolute Gasteiger partial charge is 0.444 e. The summed E-state index contributed by atoms with van der Waals surface area (Å²) in [6.07, 6.45) is 5.08. The number of fused-ring (bicyclic) bond motifs is 2. The molecular formula is C62H56N8O2. The first-order valence-electron chi connectivity index (χ1n) is 24.6. The van der Waals surface area contributed by atoms with E-state index in [0.717, 1.165) is 62.1 Å². The molecule has 11 rings (SSSR count). The van der Waals surface area contributed by atoms with E-state index in [1.165, 1.54) is 5.56 Å². The molecule has 0 aliphatic carbocycles. The van der Waals surface area contributed by atoms with E-state index in [1.807, 2.05) is 54.5 Å². The Morgan fingerprint density at radius 1 is 0.611 bits per heavy atom. The molecule has 0 atom stereocenters. The van der Waals surface area contributed by atoms with Crippen LogP contribution in [0.15, 0.2) is 219 Å². The number of anilines is 1. The van der Waals surface area contributed by atoms with Crippen LogP contribution in [0.1, 0.15) is 82.0 Å².